The van der Waals surface area contributed by atoms with Crippen LogP contribution in [0.2, 0.25) is 10.4 Å². The Labute approximate surface area is 186 Å². The summed E-state index contributed by atoms with van der Waals surface area (Å²) in [5, 5.41) is 0.641. The second-order valence-corrected chi connectivity index (χ2v) is 8.84. The molecule has 1 aliphatic heterocycles. The van der Waals surface area contributed by atoms with Crippen LogP contribution >= 0.6 is 23.2 Å². The molecule has 30 heavy (non-hydrogen) atoms. The molecule has 1 spiro atoms. The van der Waals surface area contributed by atoms with E-state index >= 15 is 0 Å². The number of likely N-dealkylation sites (N-methyl/N-ethyl adjacent to an activating group) is 1. The van der Waals surface area contributed by atoms with Gasteiger partial charge in [-0.05, 0) is 48.2 Å². The Bertz CT molecular complexity index is 1080. The Hall–Kier alpha value is -1.98. The molecule has 0 bridgehead atoms. The van der Waals surface area contributed by atoms with Crippen LogP contribution in [0.5, 0.6) is 0 Å². The van der Waals surface area contributed by atoms with Crippen molar-refractivity contribution in [3.05, 3.63) is 93.0 Å². The second kappa shape index (κ2) is 7.93. The fourth-order valence-corrected chi connectivity index (χ4v) is 5.53. The van der Waals surface area contributed by atoms with Gasteiger partial charge in [0.05, 0.1) is 23.9 Å². The third kappa shape index (κ3) is 3.32. The van der Waals surface area contributed by atoms with E-state index in [0.717, 1.165) is 24.1 Å². The lowest BCUT2D eigenvalue weighted by molar-refractivity contribution is -0.0957. The molecule has 0 radical (unpaired) electrons. The molecule has 5 rings (SSSR count). The molecular weight excluding hydrogens is 417 g/mol. The zero-order chi connectivity index (χ0) is 20.7. The van der Waals surface area contributed by atoms with Crippen LogP contribution in [-0.4, -0.2) is 28.0 Å². The smallest absolute Gasteiger partial charge is 0.224 e. The summed E-state index contributed by atoms with van der Waals surface area (Å²) in [5.41, 5.74) is 5.42. The van der Waals surface area contributed by atoms with Crippen molar-refractivity contribution in [2.45, 2.75) is 44.1 Å². The van der Waals surface area contributed by atoms with Crippen molar-refractivity contribution in [2.75, 3.05) is 7.05 Å². The predicted octanol–water partition coefficient (Wildman–Crippen LogP) is 5.20. The molecule has 3 aromatic rings. The van der Waals surface area contributed by atoms with Gasteiger partial charge in [-0.3, -0.25) is 4.90 Å². The third-order valence-corrected chi connectivity index (χ3v) is 7.00. The van der Waals surface area contributed by atoms with E-state index in [0.29, 0.717) is 24.7 Å². The van der Waals surface area contributed by atoms with Crippen molar-refractivity contribution in [2.24, 2.45) is 0 Å². The van der Waals surface area contributed by atoms with Gasteiger partial charge >= 0.3 is 0 Å². The van der Waals surface area contributed by atoms with E-state index in [-0.39, 0.29) is 16.9 Å². The monoisotopic (exact) mass is 439 g/mol. The molecule has 0 saturated carbocycles. The Morgan fingerprint density at radius 1 is 1.07 bits per heavy atom. The number of aryl methyl sites for hydroxylation is 1. The van der Waals surface area contributed by atoms with Gasteiger partial charge in [0.2, 0.25) is 5.28 Å². The molecule has 2 aromatic carbocycles. The number of rotatable bonds is 3. The van der Waals surface area contributed by atoms with Gasteiger partial charge in [0.15, 0.2) is 0 Å². The average Bonchev–Trinajstić information content (AvgIpc) is 2.75. The first-order valence-electron chi connectivity index (χ1n) is 10.2. The van der Waals surface area contributed by atoms with E-state index in [4.69, 9.17) is 27.9 Å². The van der Waals surface area contributed by atoms with Crippen LogP contribution < -0.4 is 0 Å². The van der Waals surface area contributed by atoms with Crippen LogP contribution in [-0.2, 0) is 36.3 Å². The van der Waals surface area contributed by atoms with Gasteiger partial charge in [0, 0.05) is 18.5 Å². The minimum Gasteiger partial charge on any atom is -0.371 e. The highest BCUT2D eigenvalue weighted by molar-refractivity contribution is 6.32. The topological polar surface area (TPSA) is 38.2 Å². The SMILES string of the molecule is CN1Cc2c(Cl)nc(Cl)nc2CC12c1ccccc1CCC2OCc1ccccc1. The minimum atomic E-state index is -0.322. The first kappa shape index (κ1) is 20.0. The lowest BCUT2D eigenvalue weighted by Gasteiger charge is -2.53. The fourth-order valence-electron chi connectivity index (χ4n) is 5.05. The minimum absolute atomic E-state index is 0.0262. The number of halogens is 2. The van der Waals surface area contributed by atoms with Crippen molar-refractivity contribution < 1.29 is 4.74 Å². The van der Waals surface area contributed by atoms with Crippen molar-refractivity contribution in [1.82, 2.24) is 14.9 Å². The standard InChI is InChI=1S/C24H23Cl2N3O/c1-29-14-18-20(27-23(26)28-22(18)25)13-24(29)19-10-6-5-9-17(19)11-12-21(24)30-15-16-7-3-2-4-8-16/h2-10,21H,11-15H2,1H3. The lowest BCUT2D eigenvalue weighted by atomic mass is 9.69. The molecule has 1 aromatic heterocycles. The number of ether oxygens (including phenoxy) is 1. The van der Waals surface area contributed by atoms with Gasteiger partial charge in [0.1, 0.15) is 5.15 Å². The van der Waals surface area contributed by atoms with E-state index in [1.54, 1.807) is 0 Å². The van der Waals surface area contributed by atoms with E-state index in [9.17, 15) is 0 Å². The molecule has 2 heterocycles. The van der Waals surface area contributed by atoms with Crippen molar-refractivity contribution in [3.63, 3.8) is 0 Å². The van der Waals surface area contributed by atoms with Crippen LogP contribution in [0.15, 0.2) is 54.6 Å². The molecule has 2 atom stereocenters. The van der Waals surface area contributed by atoms with E-state index in [1.807, 2.05) is 6.07 Å². The Morgan fingerprint density at radius 3 is 2.67 bits per heavy atom. The molecule has 1 aliphatic carbocycles. The van der Waals surface area contributed by atoms with Crippen LogP contribution in [0, 0.1) is 0 Å². The fraction of sp³-hybridized carbons (Fsp3) is 0.333. The van der Waals surface area contributed by atoms with E-state index in [2.05, 4.69) is 70.4 Å². The quantitative estimate of drug-likeness (QED) is 0.415. The highest BCUT2D eigenvalue weighted by atomic mass is 35.5. The number of benzene rings is 2. The number of hydrogen-bond acceptors (Lipinski definition) is 4. The van der Waals surface area contributed by atoms with E-state index in [1.165, 1.54) is 16.7 Å². The highest BCUT2D eigenvalue weighted by Crippen LogP contribution is 2.47. The Kier molecular flexibility index (Phi) is 5.28. The summed E-state index contributed by atoms with van der Waals surface area (Å²) < 4.78 is 6.61. The zero-order valence-electron chi connectivity index (χ0n) is 16.8. The van der Waals surface area contributed by atoms with Crippen LogP contribution in [0.1, 0.15) is 34.4 Å². The average molecular weight is 440 g/mol. The van der Waals surface area contributed by atoms with Crippen molar-refractivity contribution in [1.29, 1.82) is 0 Å². The van der Waals surface area contributed by atoms with Crippen molar-refractivity contribution in [3.8, 4) is 0 Å². The molecule has 0 fully saturated rings. The summed E-state index contributed by atoms with van der Waals surface area (Å²) in [5.74, 6) is 0. The maximum Gasteiger partial charge on any atom is 0.224 e. The van der Waals surface area contributed by atoms with Gasteiger partial charge in [-0.15, -0.1) is 0 Å². The largest absolute Gasteiger partial charge is 0.371 e. The normalized spacial score (nSPS) is 23.2. The molecule has 154 valence electrons. The predicted molar refractivity (Wildman–Crippen MR) is 119 cm³/mol. The molecule has 6 heteroatoms. The molecular formula is C24H23Cl2N3O. The molecule has 0 N–H and O–H groups in total. The van der Waals surface area contributed by atoms with Gasteiger partial charge < -0.3 is 4.74 Å². The second-order valence-electron chi connectivity index (χ2n) is 8.15. The number of hydrogen-bond donors (Lipinski definition) is 0. The molecule has 2 unspecified atom stereocenters. The Morgan fingerprint density at radius 2 is 1.83 bits per heavy atom. The number of nitrogens with zero attached hydrogens (tertiary/aromatic N) is 3. The molecule has 2 aliphatic rings. The van der Waals surface area contributed by atoms with Gasteiger partial charge in [-0.1, -0.05) is 66.2 Å². The summed E-state index contributed by atoms with van der Waals surface area (Å²) in [7, 11) is 2.15. The molecule has 4 nitrogen and oxygen atoms in total. The number of fused-ring (bicyclic) bond motifs is 3. The summed E-state index contributed by atoms with van der Waals surface area (Å²) >= 11 is 12.6. The van der Waals surface area contributed by atoms with Crippen molar-refractivity contribution >= 4 is 23.2 Å². The first-order valence-corrected chi connectivity index (χ1v) is 11.0. The van der Waals surface area contributed by atoms with Crippen LogP contribution in [0.25, 0.3) is 0 Å². The van der Waals surface area contributed by atoms with Crippen LogP contribution in [0.4, 0.5) is 0 Å². The molecule has 0 saturated heterocycles. The first-order chi connectivity index (χ1) is 14.6. The van der Waals surface area contributed by atoms with Crippen LogP contribution in [0.3, 0.4) is 0 Å². The summed E-state index contributed by atoms with van der Waals surface area (Å²) in [6, 6.07) is 19.0. The Balaban J connectivity index is 1.58. The zero-order valence-corrected chi connectivity index (χ0v) is 18.3. The summed E-state index contributed by atoms with van der Waals surface area (Å²) in [6.07, 6.45) is 2.68. The summed E-state index contributed by atoms with van der Waals surface area (Å²) in [4.78, 5) is 11.1. The van der Waals surface area contributed by atoms with Gasteiger partial charge in [-0.2, -0.15) is 0 Å². The van der Waals surface area contributed by atoms with E-state index < -0.39 is 0 Å². The highest BCUT2D eigenvalue weighted by Gasteiger charge is 2.51. The van der Waals surface area contributed by atoms with Gasteiger partial charge in [0.25, 0.3) is 0 Å². The maximum atomic E-state index is 6.61. The summed E-state index contributed by atoms with van der Waals surface area (Å²) in [6.45, 7) is 1.24. The maximum absolute atomic E-state index is 6.61. The third-order valence-electron chi connectivity index (χ3n) is 6.51. The molecule has 0 amide bonds. The number of aromatic nitrogens is 2. The van der Waals surface area contributed by atoms with Gasteiger partial charge in [-0.25, -0.2) is 9.97 Å². The lowest BCUT2D eigenvalue weighted by Crippen LogP contribution is -2.59.